The fourth-order valence-corrected chi connectivity index (χ4v) is 2.00. The van der Waals surface area contributed by atoms with Crippen LogP contribution in [0.1, 0.15) is 39.2 Å². The number of nitriles is 1. The smallest absolute Gasteiger partial charge is 0.412 e. The van der Waals surface area contributed by atoms with E-state index in [1.807, 2.05) is 0 Å². The van der Waals surface area contributed by atoms with Crippen LogP contribution in [-0.2, 0) is 10.2 Å². The second-order valence-electron chi connectivity index (χ2n) is 6.05. The van der Waals surface area contributed by atoms with Gasteiger partial charge in [0.25, 0.3) is 0 Å². The molecule has 5 heteroatoms. The van der Waals surface area contributed by atoms with E-state index in [0.717, 1.165) is 12.8 Å². The highest BCUT2D eigenvalue weighted by Crippen LogP contribution is 2.50. The van der Waals surface area contributed by atoms with Crippen LogP contribution in [0.4, 0.5) is 10.5 Å². The molecule has 2 N–H and O–H groups in total. The average molecular weight is 274 g/mol. The molecule has 106 valence electrons. The zero-order chi connectivity index (χ0) is 15.0. The first kappa shape index (κ1) is 14.2. The molecule has 1 aliphatic carbocycles. The van der Waals surface area contributed by atoms with Crippen LogP contribution >= 0.6 is 0 Å². The lowest BCUT2D eigenvalue weighted by atomic mass is 9.96. The molecule has 1 aliphatic rings. The molecule has 1 aromatic rings. The fourth-order valence-electron chi connectivity index (χ4n) is 2.00. The van der Waals surface area contributed by atoms with E-state index in [1.54, 1.807) is 32.9 Å². The number of aromatic hydroxyl groups is 1. The maximum absolute atomic E-state index is 11.6. The Bertz CT molecular complexity index is 578. The molecule has 0 heterocycles. The molecule has 5 nitrogen and oxygen atoms in total. The van der Waals surface area contributed by atoms with Gasteiger partial charge < -0.3 is 9.84 Å². The highest BCUT2D eigenvalue weighted by Gasteiger charge is 2.46. The molecule has 0 aliphatic heterocycles. The van der Waals surface area contributed by atoms with Crippen molar-refractivity contribution in [2.75, 3.05) is 5.32 Å². The Morgan fingerprint density at radius 3 is 2.55 bits per heavy atom. The summed E-state index contributed by atoms with van der Waals surface area (Å²) < 4.78 is 5.13. The van der Waals surface area contributed by atoms with Gasteiger partial charge in [-0.05, 0) is 39.7 Å². The Hall–Kier alpha value is -2.22. The van der Waals surface area contributed by atoms with E-state index < -0.39 is 17.1 Å². The Balaban J connectivity index is 2.11. The van der Waals surface area contributed by atoms with Gasteiger partial charge in [-0.1, -0.05) is 6.07 Å². The summed E-state index contributed by atoms with van der Waals surface area (Å²) in [7, 11) is 0. The van der Waals surface area contributed by atoms with E-state index in [-0.39, 0.29) is 5.75 Å². The van der Waals surface area contributed by atoms with Gasteiger partial charge in [0.2, 0.25) is 0 Å². The van der Waals surface area contributed by atoms with E-state index in [1.165, 1.54) is 6.07 Å². The van der Waals surface area contributed by atoms with E-state index in [0.29, 0.717) is 11.3 Å². The topological polar surface area (TPSA) is 82.3 Å². The van der Waals surface area contributed by atoms with Crippen molar-refractivity contribution in [3.05, 3.63) is 23.8 Å². The molecule has 0 spiro atoms. The summed E-state index contributed by atoms with van der Waals surface area (Å²) in [6, 6.07) is 7.01. The van der Waals surface area contributed by atoms with Crippen molar-refractivity contribution < 1.29 is 14.6 Å². The number of phenols is 1. The lowest BCUT2D eigenvalue weighted by Crippen LogP contribution is -2.27. The predicted octanol–water partition coefficient (Wildman–Crippen LogP) is 3.29. The molecule has 1 fully saturated rings. The monoisotopic (exact) mass is 274 g/mol. The van der Waals surface area contributed by atoms with Gasteiger partial charge in [-0.2, -0.15) is 5.26 Å². The van der Waals surface area contributed by atoms with Crippen molar-refractivity contribution >= 4 is 11.8 Å². The normalized spacial score (nSPS) is 16.1. The summed E-state index contributed by atoms with van der Waals surface area (Å²) in [5.41, 5.74) is -0.0663. The number of carbonyl (C=O) groups is 1. The maximum atomic E-state index is 11.6. The minimum atomic E-state index is -0.578. The standard InChI is InChI=1S/C15H18N2O3/c1-14(2,3)20-13(19)17-10-4-5-11(12(18)8-10)15(9-16)6-7-15/h4-5,8,18H,6-7H2,1-3H3,(H,17,19). The van der Waals surface area contributed by atoms with Crippen LogP contribution < -0.4 is 5.32 Å². The number of hydrogen-bond acceptors (Lipinski definition) is 4. The number of hydrogen-bond donors (Lipinski definition) is 2. The molecule has 1 amide bonds. The quantitative estimate of drug-likeness (QED) is 0.866. The first-order chi connectivity index (χ1) is 9.26. The van der Waals surface area contributed by atoms with Gasteiger partial charge in [0.1, 0.15) is 11.4 Å². The SMILES string of the molecule is CC(C)(C)OC(=O)Nc1ccc(C2(C#N)CC2)c(O)c1. The summed E-state index contributed by atoms with van der Waals surface area (Å²) in [6.45, 7) is 5.32. The number of nitrogens with zero attached hydrogens (tertiary/aromatic N) is 1. The summed E-state index contributed by atoms with van der Waals surface area (Å²) in [5.74, 6) is 0.0256. The molecular weight excluding hydrogens is 256 g/mol. The highest BCUT2D eigenvalue weighted by molar-refractivity contribution is 5.85. The molecular formula is C15H18N2O3. The Labute approximate surface area is 118 Å². The third-order valence-corrected chi connectivity index (χ3v) is 3.12. The van der Waals surface area contributed by atoms with Crippen LogP contribution in [0.2, 0.25) is 0 Å². The minimum Gasteiger partial charge on any atom is -0.508 e. The second-order valence-corrected chi connectivity index (χ2v) is 6.05. The maximum Gasteiger partial charge on any atom is 0.412 e. The highest BCUT2D eigenvalue weighted by atomic mass is 16.6. The van der Waals surface area contributed by atoms with Crippen LogP contribution in [0.3, 0.4) is 0 Å². The Morgan fingerprint density at radius 1 is 1.45 bits per heavy atom. The van der Waals surface area contributed by atoms with Crippen molar-refractivity contribution in [1.82, 2.24) is 0 Å². The third kappa shape index (κ3) is 3.02. The van der Waals surface area contributed by atoms with E-state index in [9.17, 15) is 9.90 Å². The first-order valence-corrected chi connectivity index (χ1v) is 6.50. The minimum absolute atomic E-state index is 0.0256. The zero-order valence-corrected chi connectivity index (χ0v) is 11.9. The lowest BCUT2D eigenvalue weighted by molar-refractivity contribution is 0.0636. The van der Waals surface area contributed by atoms with Crippen molar-refractivity contribution in [2.45, 2.75) is 44.6 Å². The predicted molar refractivity (Wildman–Crippen MR) is 74.5 cm³/mol. The summed E-state index contributed by atoms with van der Waals surface area (Å²) in [4.78, 5) is 11.6. The molecule has 20 heavy (non-hydrogen) atoms. The van der Waals surface area contributed by atoms with Gasteiger partial charge in [0.15, 0.2) is 0 Å². The molecule has 0 bridgehead atoms. The number of ether oxygens (including phenoxy) is 1. The van der Waals surface area contributed by atoms with Gasteiger partial charge in [-0.3, -0.25) is 5.32 Å². The zero-order valence-electron chi connectivity index (χ0n) is 11.9. The molecule has 0 unspecified atom stereocenters. The Morgan fingerprint density at radius 2 is 2.10 bits per heavy atom. The van der Waals surface area contributed by atoms with Crippen molar-refractivity contribution in [3.63, 3.8) is 0 Å². The number of benzene rings is 1. The van der Waals surface area contributed by atoms with Crippen LogP contribution in [0.5, 0.6) is 5.75 Å². The molecule has 0 atom stereocenters. The van der Waals surface area contributed by atoms with Crippen LogP contribution in [0, 0.1) is 11.3 Å². The fraction of sp³-hybridized carbons (Fsp3) is 0.467. The second kappa shape index (κ2) is 4.71. The van der Waals surface area contributed by atoms with Gasteiger partial charge >= 0.3 is 6.09 Å². The summed E-state index contributed by atoms with van der Waals surface area (Å²) in [6.07, 6.45) is 0.942. The van der Waals surface area contributed by atoms with Gasteiger partial charge in [0.05, 0.1) is 11.5 Å². The number of anilines is 1. The van der Waals surface area contributed by atoms with E-state index >= 15 is 0 Å². The first-order valence-electron chi connectivity index (χ1n) is 6.50. The number of nitrogens with one attached hydrogen (secondary N) is 1. The molecule has 1 saturated carbocycles. The van der Waals surface area contributed by atoms with Crippen molar-refractivity contribution in [2.24, 2.45) is 0 Å². The third-order valence-electron chi connectivity index (χ3n) is 3.12. The van der Waals surface area contributed by atoms with Gasteiger partial charge in [0, 0.05) is 17.3 Å². The van der Waals surface area contributed by atoms with Crippen LogP contribution in [-0.4, -0.2) is 16.8 Å². The largest absolute Gasteiger partial charge is 0.508 e. The lowest BCUT2D eigenvalue weighted by Gasteiger charge is -2.20. The van der Waals surface area contributed by atoms with Gasteiger partial charge in [-0.15, -0.1) is 0 Å². The van der Waals surface area contributed by atoms with Crippen LogP contribution in [0.15, 0.2) is 18.2 Å². The summed E-state index contributed by atoms with van der Waals surface area (Å²) >= 11 is 0. The van der Waals surface area contributed by atoms with E-state index in [4.69, 9.17) is 10.00 Å². The van der Waals surface area contributed by atoms with Crippen LogP contribution in [0.25, 0.3) is 0 Å². The van der Waals surface area contributed by atoms with Gasteiger partial charge in [-0.25, -0.2) is 4.79 Å². The molecule has 0 aromatic heterocycles. The number of phenolic OH excluding ortho intramolecular Hbond substituents is 1. The average Bonchev–Trinajstić information content (AvgIpc) is 3.07. The van der Waals surface area contributed by atoms with Crippen molar-refractivity contribution in [1.29, 1.82) is 5.26 Å². The Kier molecular flexibility index (Phi) is 3.34. The number of carbonyl (C=O) groups excluding carboxylic acids is 1. The molecule has 0 saturated heterocycles. The number of rotatable bonds is 2. The molecule has 0 radical (unpaired) electrons. The number of amides is 1. The molecule has 1 aromatic carbocycles. The summed E-state index contributed by atoms with van der Waals surface area (Å²) in [5, 5.41) is 21.7. The van der Waals surface area contributed by atoms with Crippen molar-refractivity contribution in [3.8, 4) is 11.8 Å². The molecule has 2 rings (SSSR count). The van der Waals surface area contributed by atoms with E-state index in [2.05, 4.69) is 11.4 Å².